The van der Waals surface area contributed by atoms with Gasteiger partial charge in [0.25, 0.3) is 5.91 Å². The molecule has 10 heteroatoms. The average molecular weight is 531 g/mol. The molecule has 4 unspecified atom stereocenters. The van der Waals surface area contributed by atoms with E-state index in [9.17, 15) is 32.7 Å². The summed E-state index contributed by atoms with van der Waals surface area (Å²) in [6.07, 6.45) is -0.688. The molecule has 2 saturated carbocycles. The Bertz CT molecular complexity index is 1240. The number of carboxylic acid groups (broad SMARTS) is 1. The van der Waals surface area contributed by atoms with E-state index in [2.05, 4.69) is 10.1 Å². The van der Waals surface area contributed by atoms with Crippen molar-refractivity contribution in [2.75, 3.05) is 4.90 Å². The molecule has 1 heterocycles. The molecule has 5 rings (SSSR count). The van der Waals surface area contributed by atoms with Crippen molar-refractivity contribution in [1.82, 2.24) is 5.32 Å². The molecule has 4 atom stereocenters. The van der Waals surface area contributed by atoms with E-state index in [0.29, 0.717) is 30.4 Å². The highest BCUT2D eigenvalue weighted by Gasteiger charge is 2.59. The lowest BCUT2D eigenvalue weighted by Gasteiger charge is -2.50. The van der Waals surface area contributed by atoms with Gasteiger partial charge in [-0.15, -0.1) is 13.2 Å². The monoisotopic (exact) mass is 530 g/mol. The Morgan fingerprint density at radius 2 is 1.82 bits per heavy atom. The number of hydrogen-bond acceptors (Lipinski definition) is 5. The Hall–Kier alpha value is -3.40. The first-order valence-electron chi connectivity index (χ1n) is 12.7. The minimum atomic E-state index is -4.84. The normalized spacial score (nSPS) is 25.1. The van der Waals surface area contributed by atoms with Gasteiger partial charge in [0.05, 0.1) is 0 Å². The number of carboxylic acids is 1. The summed E-state index contributed by atoms with van der Waals surface area (Å²) in [4.78, 5) is 40.4. The van der Waals surface area contributed by atoms with Crippen LogP contribution in [0.1, 0.15) is 67.3 Å². The summed E-state index contributed by atoms with van der Waals surface area (Å²) < 4.78 is 41.7. The second-order valence-electron chi connectivity index (χ2n) is 10.8. The number of hydrogen-bond donors (Lipinski definition) is 2. The SMILES string of the molecule is CC1(NC(CC=O)(C(=O)O)C2c3ccccc3N(C(=O)c3ccc(OC(F)(F)F)cc3)C3CCCC32)CC1. The number of halogens is 3. The molecule has 2 aliphatic carbocycles. The Balaban J connectivity index is 1.58. The highest BCUT2D eigenvalue weighted by Crippen LogP contribution is 2.55. The summed E-state index contributed by atoms with van der Waals surface area (Å²) in [5.41, 5.74) is -0.498. The van der Waals surface area contributed by atoms with Crippen LogP contribution in [0.15, 0.2) is 48.5 Å². The first-order valence-corrected chi connectivity index (χ1v) is 12.7. The maximum Gasteiger partial charge on any atom is 0.573 e. The van der Waals surface area contributed by atoms with Crippen molar-refractivity contribution in [1.29, 1.82) is 0 Å². The van der Waals surface area contributed by atoms with Crippen LogP contribution in [0, 0.1) is 5.92 Å². The van der Waals surface area contributed by atoms with E-state index in [1.165, 1.54) is 12.1 Å². The lowest BCUT2D eigenvalue weighted by Crippen LogP contribution is -2.64. The van der Waals surface area contributed by atoms with Gasteiger partial charge < -0.3 is 19.5 Å². The number of benzene rings is 2. The fourth-order valence-corrected chi connectivity index (χ4v) is 6.40. The minimum Gasteiger partial charge on any atom is -0.480 e. The first-order chi connectivity index (χ1) is 18.0. The van der Waals surface area contributed by atoms with Crippen molar-refractivity contribution >= 4 is 23.9 Å². The Morgan fingerprint density at radius 3 is 2.42 bits per heavy atom. The molecule has 2 aromatic rings. The van der Waals surface area contributed by atoms with Crippen LogP contribution in [0.25, 0.3) is 0 Å². The number of nitrogens with zero attached hydrogens (tertiary/aromatic N) is 1. The topological polar surface area (TPSA) is 95.9 Å². The van der Waals surface area contributed by atoms with E-state index in [-0.39, 0.29) is 35.4 Å². The van der Waals surface area contributed by atoms with E-state index >= 15 is 0 Å². The lowest BCUT2D eigenvalue weighted by atomic mass is 9.65. The van der Waals surface area contributed by atoms with Crippen LogP contribution in [0.5, 0.6) is 5.75 Å². The number of carbonyl (C=O) groups excluding carboxylic acids is 2. The van der Waals surface area contributed by atoms with Crippen LogP contribution in [0.3, 0.4) is 0 Å². The molecule has 2 N–H and O–H groups in total. The number of fused-ring (bicyclic) bond motifs is 2. The summed E-state index contributed by atoms with van der Waals surface area (Å²) in [6, 6.07) is 11.6. The van der Waals surface area contributed by atoms with Crippen LogP contribution in [0.2, 0.25) is 0 Å². The second-order valence-corrected chi connectivity index (χ2v) is 10.8. The number of anilines is 1. The summed E-state index contributed by atoms with van der Waals surface area (Å²) in [7, 11) is 0. The molecule has 202 valence electrons. The summed E-state index contributed by atoms with van der Waals surface area (Å²) in [6.45, 7) is 1.96. The van der Waals surface area contributed by atoms with Gasteiger partial charge in [0.1, 0.15) is 17.6 Å². The van der Waals surface area contributed by atoms with Crippen LogP contribution < -0.4 is 15.0 Å². The van der Waals surface area contributed by atoms with Crippen molar-refractivity contribution < 1.29 is 37.4 Å². The zero-order chi connectivity index (χ0) is 27.3. The Labute approximate surface area is 218 Å². The smallest absolute Gasteiger partial charge is 0.480 e. The molecule has 0 spiro atoms. The number of nitrogens with one attached hydrogen (secondary N) is 1. The number of para-hydroxylation sites is 1. The number of aliphatic carboxylic acids is 1. The van der Waals surface area contributed by atoms with Crippen molar-refractivity contribution in [2.45, 2.75) is 74.8 Å². The molecular formula is C28H29F3N2O5. The predicted molar refractivity (Wildman–Crippen MR) is 132 cm³/mol. The first kappa shape index (κ1) is 26.2. The van der Waals surface area contributed by atoms with Gasteiger partial charge in [-0.1, -0.05) is 24.6 Å². The Morgan fingerprint density at radius 1 is 1.13 bits per heavy atom. The van der Waals surface area contributed by atoms with E-state index in [1.54, 1.807) is 23.1 Å². The van der Waals surface area contributed by atoms with Gasteiger partial charge in [0, 0.05) is 35.2 Å². The van der Waals surface area contributed by atoms with E-state index in [4.69, 9.17) is 0 Å². The molecule has 7 nitrogen and oxygen atoms in total. The summed E-state index contributed by atoms with van der Waals surface area (Å²) in [5.74, 6) is -2.69. The summed E-state index contributed by atoms with van der Waals surface area (Å²) in [5, 5.41) is 14.0. The molecule has 3 aliphatic rings. The molecule has 1 amide bonds. The fourth-order valence-electron chi connectivity index (χ4n) is 6.40. The van der Waals surface area contributed by atoms with Gasteiger partial charge in [0.15, 0.2) is 0 Å². The van der Waals surface area contributed by atoms with E-state index in [1.807, 2.05) is 13.0 Å². The number of alkyl halides is 3. The molecule has 1 aliphatic heterocycles. The molecule has 2 aromatic carbocycles. The van der Waals surface area contributed by atoms with Crippen LogP contribution in [0.4, 0.5) is 18.9 Å². The number of amides is 1. The third-order valence-corrected chi connectivity index (χ3v) is 8.22. The molecular weight excluding hydrogens is 501 g/mol. The van der Waals surface area contributed by atoms with Gasteiger partial charge in [0.2, 0.25) is 0 Å². The zero-order valence-corrected chi connectivity index (χ0v) is 20.8. The molecule has 0 radical (unpaired) electrons. The fraction of sp³-hybridized carbons (Fsp3) is 0.464. The standard InChI is InChI=1S/C28H29F3N2O5/c1-26(13-14-26)32-27(15-16-34,25(36)37)23-19-5-2-3-7-21(19)33(22-8-4-6-20(22)23)24(35)17-9-11-18(12-10-17)38-28(29,30)31/h2-3,5,7,9-12,16,20,22-23,32H,4,6,8,13-15H2,1H3,(H,36,37). The van der Waals surface area contributed by atoms with Gasteiger partial charge in [-0.25, -0.2) is 0 Å². The number of aldehydes is 1. The average Bonchev–Trinajstić information content (AvgIpc) is 3.38. The van der Waals surface area contributed by atoms with Gasteiger partial charge >= 0.3 is 12.3 Å². The van der Waals surface area contributed by atoms with E-state index in [0.717, 1.165) is 31.4 Å². The van der Waals surface area contributed by atoms with Gasteiger partial charge in [-0.05, 0) is 74.4 Å². The highest BCUT2D eigenvalue weighted by atomic mass is 19.4. The van der Waals surface area contributed by atoms with Crippen molar-refractivity contribution in [3.63, 3.8) is 0 Å². The summed E-state index contributed by atoms with van der Waals surface area (Å²) >= 11 is 0. The molecule has 0 aromatic heterocycles. The Kier molecular flexibility index (Phi) is 6.49. The van der Waals surface area contributed by atoms with Crippen molar-refractivity contribution in [2.24, 2.45) is 5.92 Å². The van der Waals surface area contributed by atoms with Crippen LogP contribution in [-0.4, -0.2) is 46.8 Å². The van der Waals surface area contributed by atoms with Crippen LogP contribution >= 0.6 is 0 Å². The third-order valence-electron chi connectivity index (χ3n) is 8.22. The highest BCUT2D eigenvalue weighted by molar-refractivity contribution is 6.07. The zero-order valence-electron chi connectivity index (χ0n) is 20.8. The lowest BCUT2D eigenvalue weighted by molar-refractivity contribution is -0.274. The van der Waals surface area contributed by atoms with Gasteiger partial charge in [-0.2, -0.15) is 0 Å². The molecule has 0 bridgehead atoms. The predicted octanol–water partition coefficient (Wildman–Crippen LogP) is 5.05. The molecule has 0 saturated heterocycles. The maximum absolute atomic E-state index is 13.8. The minimum absolute atomic E-state index is 0.194. The van der Waals surface area contributed by atoms with Crippen molar-refractivity contribution in [3.05, 3.63) is 59.7 Å². The molecule has 38 heavy (non-hydrogen) atoms. The maximum atomic E-state index is 13.8. The quantitative estimate of drug-likeness (QED) is 0.464. The number of rotatable bonds is 8. The third kappa shape index (κ3) is 4.66. The molecule has 2 fully saturated rings. The number of carbonyl (C=O) groups is 3. The van der Waals surface area contributed by atoms with Crippen LogP contribution in [-0.2, 0) is 9.59 Å². The van der Waals surface area contributed by atoms with E-state index < -0.39 is 29.5 Å². The number of ether oxygens (including phenoxy) is 1. The second kappa shape index (κ2) is 9.41. The largest absolute Gasteiger partial charge is 0.573 e. The van der Waals surface area contributed by atoms with Gasteiger partial charge in [-0.3, -0.25) is 14.9 Å². The van der Waals surface area contributed by atoms with Crippen molar-refractivity contribution in [3.8, 4) is 5.75 Å².